The Labute approximate surface area is 120 Å². The van der Waals surface area contributed by atoms with Crippen LogP contribution in [0.5, 0.6) is 0 Å². The zero-order valence-electron chi connectivity index (χ0n) is 12.6. The maximum atomic E-state index is 5.49. The van der Waals surface area contributed by atoms with Crippen molar-refractivity contribution in [2.45, 2.75) is 63.5 Å². The molecular weight excluding hydrogens is 254 g/mol. The van der Waals surface area contributed by atoms with Crippen molar-refractivity contribution >= 4 is 0 Å². The number of ether oxygens (including phenoxy) is 1. The van der Waals surface area contributed by atoms with Gasteiger partial charge in [-0.1, -0.05) is 18.5 Å². The van der Waals surface area contributed by atoms with E-state index in [0.29, 0.717) is 5.92 Å². The first-order valence-corrected chi connectivity index (χ1v) is 7.84. The molecule has 1 unspecified atom stereocenters. The summed E-state index contributed by atoms with van der Waals surface area (Å²) >= 11 is 0. The minimum Gasteiger partial charge on any atom is -0.383 e. The standard InChI is InChI=1S/C15H25N3O2/c1-3-7-15(11-19-2)8-4-9-18(15)10-13-16-14(17-20-13)12-5-6-12/h12H,3-11H2,1-2H3. The molecule has 0 radical (unpaired) electrons. The molecule has 1 atom stereocenters. The molecule has 2 fully saturated rings. The molecule has 0 amide bonds. The molecule has 1 aliphatic carbocycles. The van der Waals surface area contributed by atoms with Gasteiger partial charge in [0.2, 0.25) is 5.89 Å². The van der Waals surface area contributed by atoms with E-state index in [1.165, 1.54) is 38.5 Å². The minimum absolute atomic E-state index is 0.164. The van der Waals surface area contributed by atoms with Crippen LogP contribution in [0.2, 0.25) is 0 Å². The Morgan fingerprint density at radius 3 is 3.00 bits per heavy atom. The van der Waals surface area contributed by atoms with E-state index in [9.17, 15) is 0 Å². The first kappa shape index (κ1) is 14.0. The number of aromatic nitrogens is 2. The lowest BCUT2D eigenvalue weighted by molar-refractivity contribution is 0.0212. The van der Waals surface area contributed by atoms with E-state index in [0.717, 1.165) is 31.4 Å². The number of hydrogen-bond acceptors (Lipinski definition) is 5. The number of rotatable bonds is 7. The third-order valence-corrected chi connectivity index (χ3v) is 4.62. The second-order valence-electron chi connectivity index (χ2n) is 6.25. The molecule has 3 rings (SSSR count). The predicted octanol–water partition coefficient (Wildman–Crippen LogP) is 2.73. The predicted molar refractivity (Wildman–Crippen MR) is 75.4 cm³/mol. The van der Waals surface area contributed by atoms with Crippen LogP contribution < -0.4 is 0 Å². The Hall–Kier alpha value is -0.940. The normalized spacial score (nSPS) is 27.3. The van der Waals surface area contributed by atoms with Gasteiger partial charge < -0.3 is 9.26 Å². The van der Waals surface area contributed by atoms with Crippen LogP contribution in [-0.2, 0) is 11.3 Å². The largest absolute Gasteiger partial charge is 0.383 e. The van der Waals surface area contributed by atoms with Crippen LogP contribution in [0.25, 0.3) is 0 Å². The highest BCUT2D eigenvalue weighted by Gasteiger charge is 2.41. The molecule has 2 aliphatic rings. The van der Waals surface area contributed by atoms with Crippen LogP contribution in [0, 0.1) is 0 Å². The smallest absolute Gasteiger partial charge is 0.240 e. The number of methoxy groups -OCH3 is 1. The number of nitrogens with zero attached hydrogens (tertiary/aromatic N) is 3. The lowest BCUT2D eigenvalue weighted by Crippen LogP contribution is -2.47. The minimum atomic E-state index is 0.164. The van der Waals surface area contributed by atoms with Crippen molar-refractivity contribution in [1.29, 1.82) is 0 Å². The Morgan fingerprint density at radius 1 is 1.45 bits per heavy atom. The summed E-state index contributed by atoms with van der Waals surface area (Å²) < 4.78 is 10.9. The number of likely N-dealkylation sites (tertiary alicyclic amines) is 1. The molecular formula is C15H25N3O2. The average molecular weight is 279 g/mol. The van der Waals surface area contributed by atoms with E-state index < -0.39 is 0 Å². The zero-order valence-corrected chi connectivity index (χ0v) is 12.6. The van der Waals surface area contributed by atoms with Crippen molar-refractivity contribution in [2.75, 3.05) is 20.3 Å². The fourth-order valence-electron chi connectivity index (χ4n) is 3.50. The average Bonchev–Trinajstić information content (AvgIpc) is 3.07. The highest BCUT2D eigenvalue weighted by molar-refractivity contribution is 5.04. The van der Waals surface area contributed by atoms with E-state index >= 15 is 0 Å². The van der Waals surface area contributed by atoms with Crippen molar-refractivity contribution in [3.8, 4) is 0 Å². The summed E-state index contributed by atoms with van der Waals surface area (Å²) in [6, 6.07) is 0. The topological polar surface area (TPSA) is 51.4 Å². The molecule has 0 bridgehead atoms. The Balaban J connectivity index is 1.69. The molecule has 0 N–H and O–H groups in total. The van der Waals surface area contributed by atoms with Gasteiger partial charge in [0, 0.05) is 18.6 Å². The lowest BCUT2D eigenvalue weighted by atomic mass is 9.91. The van der Waals surface area contributed by atoms with Gasteiger partial charge in [0.1, 0.15) is 0 Å². The maximum absolute atomic E-state index is 5.49. The van der Waals surface area contributed by atoms with Gasteiger partial charge in [-0.2, -0.15) is 4.98 Å². The Kier molecular flexibility index (Phi) is 4.08. The molecule has 20 heavy (non-hydrogen) atoms. The Morgan fingerprint density at radius 2 is 2.30 bits per heavy atom. The molecule has 1 aromatic rings. The third kappa shape index (κ3) is 2.74. The van der Waals surface area contributed by atoms with Gasteiger partial charge >= 0.3 is 0 Å². The monoisotopic (exact) mass is 279 g/mol. The summed E-state index contributed by atoms with van der Waals surface area (Å²) in [6.07, 6.45) is 7.21. The van der Waals surface area contributed by atoms with Crippen molar-refractivity contribution in [2.24, 2.45) is 0 Å². The molecule has 1 aromatic heterocycles. The van der Waals surface area contributed by atoms with E-state index in [-0.39, 0.29) is 5.54 Å². The summed E-state index contributed by atoms with van der Waals surface area (Å²) in [6.45, 7) is 4.91. The summed E-state index contributed by atoms with van der Waals surface area (Å²) in [5, 5.41) is 4.12. The highest BCUT2D eigenvalue weighted by atomic mass is 16.5. The van der Waals surface area contributed by atoms with Crippen LogP contribution in [-0.4, -0.2) is 40.8 Å². The van der Waals surface area contributed by atoms with Crippen LogP contribution in [0.1, 0.15) is 63.1 Å². The van der Waals surface area contributed by atoms with Crippen LogP contribution in [0.15, 0.2) is 4.52 Å². The van der Waals surface area contributed by atoms with Gasteiger partial charge in [0.25, 0.3) is 0 Å². The number of hydrogen-bond donors (Lipinski definition) is 0. The van der Waals surface area contributed by atoms with Crippen molar-refractivity contribution < 1.29 is 9.26 Å². The molecule has 1 aliphatic heterocycles. The van der Waals surface area contributed by atoms with Gasteiger partial charge in [-0.3, -0.25) is 4.90 Å². The molecule has 1 saturated heterocycles. The van der Waals surface area contributed by atoms with E-state index in [1.807, 2.05) is 0 Å². The summed E-state index contributed by atoms with van der Waals surface area (Å²) in [7, 11) is 1.80. The third-order valence-electron chi connectivity index (χ3n) is 4.62. The quantitative estimate of drug-likeness (QED) is 0.768. The second-order valence-corrected chi connectivity index (χ2v) is 6.25. The lowest BCUT2D eigenvalue weighted by Gasteiger charge is -2.37. The van der Waals surface area contributed by atoms with Gasteiger partial charge in [0.15, 0.2) is 5.82 Å². The van der Waals surface area contributed by atoms with Crippen LogP contribution >= 0.6 is 0 Å². The molecule has 2 heterocycles. The second kappa shape index (κ2) is 5.82. The molecule has 112 valence electrons. The van der Waals surface area contributed by atoms with Gasteiger partial charge in [-0.25, -0.2) is 0 Å². The van der Waals surface area contributed by atoms with E-state index in [2.05, 4.69) is 22.0 Å². The van der Waals surface area contributed by atoms with Crippen molar-refractivity contribution in [1.82, 2.24) is 15.0 Å². The van der Waals surface area contributed by atoms with Gasteiger partial charge in [-0.05, 0) is 38.6 Å². The van der Waals surface area contributed by atoms with Crippen molar-refractivity contribution in [3.05, 3.63) is 11.7 Å². The molecule has 5 nitrogen and oxygen atoms in total. The SMILES string of the molecule is CCCC1(COC)CCCN1Cc1nc(C2CC2)no1. The highest BCUT2D eigenvalue weighted by Crippen LogP contribution is 2.39. The first-order chi connectivity index (χ1) is 9.77. The molecule has 0 aromatic carbocycles. The fraction of sp³-hybridized carbons (Fsp3) is 0.867. The molecule has 0 spiro atoms. The fourth-order valence-corrected chi connectivity index (χ4v) is 3.50. The van der Waals surface area contributed by atoms with E-state index in [1.54, 1.807) is 7.11 Å². The summed E-state index contributed by atoms with van der Waals surface area (Å²) in [4.78, 5) is 7.05. The zero-order chi connectivity index (χ0) is 14.0. The van der Waals surface area contributed by atoms with Gasteiger partial charge in [-0.15, -0.1) is 0 Å². The van der Waals surface area contributed by atoms with Crippen molar-refractivity contribution in [3.63, 3.8) is 0 Å². The summed E-state index contributed by atoms with van der Waals surface area (Å²) in [5.74, 6) is 2.24. The van der Waals surface area contributed by atoms with Gasteiger partial charge in [0.05, 0.1) is 13.2 Å². The van der Waals surface area contributed by atoms with Crippen LogP contribution in [0.3, 0.4) is 0 Å². The van der Waals surface area contributed by atoms with Crippen LogP contribution in [0.4, 0.5) is 0 Å². The maximum Gasteiger partial charge on any atom is 0.240 e. The molecule has 1 saturated carbocycles. The van der Waals surface area contributed by atoms with E-state index in [4.69, 9.17) is 9.26 Å². The first-order valence-electron chi connectivity index (χ1n) is 7.84. The Bertz CT molecular complexity index is 436. The summed E-state index contributed by atoms with van der Waals surface area (Å²) in [5.41, 5.74) is 0.164. The molecule has 5 heteroatoms.